The van der Waals surface area contributed by atoms with Crippen molar-refractivity contribution < 1.29 is 8.60 Å². The number of pyridine rings is 1. The first-order chi connectivity index (χ1) is 8.16. The van der Waals surface area contributed by atoms with Gasteiger partial charge in [0.05, 0.1) is 21.4 Å². The van der Waals surface area contributed by atoms with Crippen LogP contribution in [-0.4, -0.2) is 9.19 Å². The zero-order chi connectivity index (χ0) is 12.3. The van der Waals surface area contributed by atoms with Gasteiger partial charge in [0.25, 0.3) is 0 Å². The van der Waals surface area contributed by atoms with E-state index in [1.165, 1.54) is 12.1 Å². The molecule has 5 heteroatoms. The molecular formula is C12H11FN2OS. The minimum atomic E-state index is -1.41. The van der Waals surface area contributed by atoms with Gasteiger partial charge in [0, 0.05) is 18.1 Å². The zero-order valence-electron chi connectivity index (χ0n) is 8.97. The molecule has 17 heavy (non-hydrogen) atoms. The summed E-state index contributed by atoms with van der Waals surface area (Å²) < 4.78 is 25.5. The number of benzene rings is 1. The van der Waals surface area contributed by atoms with E-state index in [4.69, 9.17) is 5.73 Å². The number of hydrogen-bond donors (Lipinski definition) is 1. The maximum atomic E-state index is 13.5. The number of rotatable bonds is 3. The van der Waals surface area contributed by atoms with E-state index in [0.717, 1.165) is 5.56 Å². The summed E-state index contributed by atoms with van der Waals surface area (Å²) in [4.78, 5) is 4.04. The van der Waals surface area contributed by atoms with Crippen LogP contribution < -0.4 is 5.73 Å². The SMILES string of the molecule is Nc1ccc(S(=O)Cc2ccncc2)c(F)c1. The first-order valence-electron chi connectivity index (χ1n) is 4.99. The summed E-state index contributed by atoms with van der Waals surface area (Å²) in [7, 11) is -1.41. The minimum absolute atomic E-state index is 0.177. The maximum absolute atomic E-state index is 13.5. The van der Waals surface area contributed by atoms with Crippen LogP contribution in [0.4, 0.5) is 10.1 Å². The summed E-state index contributed by atoms with van der Waals surface area (Å²) in [5.74, 6) is -0.263. The van der Waals surface area contributed by atoms with Crippen LogP contribution in [-0.2, 0) is 16.6 Å². The molecule has 0 saturated heterocycles. The average molecular weight is 250 g/mol. The Balaban J connectivity index is 2.21. The first kappa shape index (κ1) is 11.7. The van der Waals surface area contributed by atoms with E-state index in [0.29, 0.717) is 5.69 Å². The summed E-state index contributed by atoms with van der Waals surface area (Å²) in [6, 6.07) is 7.70. The highest BCUT2D eigenvalue weighted by Crippen LogP contribution is 2.18. The molecule has 0 fully saturated rings. The Morgan fingerprint density at radius 3 is 2.59 bits per heavy atom. The van der Waals surface area contributed by atoms with Gasteiger partial charge in [-0.2, -0.15) is 0 Å². The largest absolute Gasteiger partial charge is 0.399 e. The summed E-state index contributed by atoms with van der Waals surface area (Å²) in [5.41, 5.74) is 6.62. The Morgan fingerprint density at radius 2 is 1.94 bits per heavy atom. The number of aromatic nitrogens is 1. The molecule has 1 atom stereocenters. The Kier molecular flexibility index (Phi) is 3.49. The van der Waals surface area contributed by atoms with Crippen molar-refractivity contribution in [1.29, 1.82) is 0 Å². The second kappa shape index (κ2) is 5.05. The highest BCUT2D eigenvalue weighted by Gasteiger charge is 2.10. The van der Waals surface area contributed by atoms with E-state index in [2.05, 4.69) is 4.98 Å². The Hall–Kier alpha value is -1.75. The number of hydrogen-bond acceptors (Lipinski definition) is 3. The molecule has 0 aliphatic heterocycles. The highest BCUT2D eigenvalue weighted by atomic mass is 32.2. The molecule has 1 heterocycles. The third kappa shape index (κ3) is 2.88. The van der Waals surface area contributed by atoms with Crippen LogP contribution >= 0.6 is 0 Å². The molecule has 0 aliphatic rings. The smallest absolute Gasteiger partial charge is 0.141 e. The lowest BCUT2D eigenvalue weighted by Gasteiger charge is -2.04. The second-order valence-electron chi connectivity index (χ2n) is 3.54. The minimum Gasteiger partial charge on any atom is -0.399 e. The number of nitrogens with two attached hydrogens (primary N) is 1. The fourth-order valence-corrected chi connectivity index (χ4v) is 2.56. The van der Waals surface area contributed by atoms with E-state index in [1.807, 2.05) is 0 Å². The normalized spacial score (nSPS) is 12.3. The van der Waals surface area contributed by atoms with Crippen molar-refractivity contribution in [2.24, 2.45) is 0 Å². The van der Waals surface area contributed by atoms with Crippen LogP contribution in [0.15, 0.2) is 47.6 Å². The summed E-state index contributed by atoms with van der Waals surface area (Å²) in [5, 5.41) is 0. The average Bonchev–Trinajstić information content (AvgIpc) is 2.30. The summed E-state index contributed by atoms with van der Waals surface area (Å²) in [6.07, 6.45) is 3.23. The summed E-state index contributed by atoms with van der Waals surface area (Å²) >= 11 is 0. The van der Waals surface area contributed by atoms with Crippen molar-refractivity contribution in [3.8, 4) is 0 Å². The first-order valence-corrected chi connectivity index (χ1v) is 6.31. The van der Waals surface area contributed by atoms with Gasteiger partial charge in [-0.05, 0) is 35.9 Å². The molecule has 1 aromatic heterocycles. The molecule has 0 saturated carbocycles. The fourth-order valence-electron chi connectivity index (χ4n) is 1.41. The molecular weight excluding hydrogens is 239 g/mol. The topological polar surface area (TPSA) is 56.0 Å². The van der Waals surface area contributed by atoms with Gasteiger partial charge in [0.1, 0.15) is 5.82 Å². The van der Waals surface area contributed by atoms with E-state index >= 15 is 0 Å². The quantitative estimate of drug-likeness (QED) is 0.849. The van der Waals surface area contributed by atoms with E-state index in [9.17, 15) is 8.60 Å². The summed E-state index contributed by atoms with van der Waals surface area (Å²) in [6.45, 7) is 0. The maximum Gasteiger partial charge on any atom is 0.141 e. The second-order valence-corrected chi connectivity index (χ2v) is 4.95. The van der Waals surface area contributed by atoms with Gasteiger partial charge in [0.2, 0.25) is 0 Å². The van der Waals surface area contributed by atoms with Crippen molar-refractivity contribution in [3.05, 3.63) is 54.1 Å². The predicted octanol–water partition coefficient (Wildman–Crippen LogP) is 2.11. The van der Waals surface area contributed by atoms with Gasteiger partial charge < -0.3 is 5.73 Å². The Morgan fingerprint density at radius 1 is 1.24 bits per heavy atom. The van der Waals surface area contributed by atoms with Gasteiger partial charge >= 0.3 is 0 Å². The van der Waals surface area contributed by atoms with Crippen molar-refractivity contribution in [3.63, 3.8) is 0 Å². The number of anilines is 1. The molecule has 2 aromatic rings. The van der Waals surface area contributed by atoms with Crippen molar-refractivity contribution in [2.45, 2.75) is 10.6 Å². The molecule has 1 aromatic carbocycles. The highest BCUT2D eigenvalue weighted by molar-refractivity contribution is 7.84. The van der Waals surface area contributed by atoms with Gasteiger partial charge in [-0.1, -0.05) is 0 Å². The molecule has 0 bridgehead atoms. The van der Waals surface area contributed by atoms with Crippen molar-refractivity contribution in [1.82, 2.24) is 4.98 Å². The zero-order valence-corrected chi connectivity index (χ0v) is 9.78. The number of halogens is 1. The van der Waals surface area contributed by atoms with Crippen molar-refractivity contribution >= 4 is 16.5 Å². The lowest BCUT2D eigenvalue weighted by atomic mass is 10.3. The van der Waals surface area contributed by atoms with Gasteiger partial charge in [-0.25, -0.2) is 4.39 Å². The number of nitrogen functional groups attached to an aromatic ring is 1. The molecule has 0 amide bonds. The van der Waals surface area contributed by atoms with E-state index in [-0.39, 0.29) is 10.6 Å². The molecule has 2 N–H and O–H groups in total. The molecule has 0 aliphatic carbocycles. The van der Waals surface area contributed by atoms with Gasteiger partial charge in [-0.15, -0.1) is 0 Å². The van der Waals surface area contributed by atoms with Crippen LogP contribution in [0.2, 0.25) is 0 Å². The molecule has 3 nitrogen and oxygen atoms in total. The van der Waals surface area contributed by atoms with Gasteiger partial charge in [0.15, 0.2) is 0 Å². The Bertz CT molecular complexity index is 545. The molecule has 0 radical (unpaired) electrons. The lowest BCUT2D eigenvalue weighted by Crippen LogP contribution is -2.00. The van der Waals surface area contributed by atoms with Crippen molar-refractivity contribution in [2.75, 3.05) is 5.73 Å². The predicted molar refractivity (Wildman–Crippen MR) is 65.2 cm³/mol. The molecule has 1 unspecified atom stereocenters. The lowest BCUT2D eigenvalue weighted by molar-refractivity contribution is 0.596. The fraction of sp³-hybridized carbons (Fsp3) is 0.0833. The molecule has 88 valence electrons. The van der Waals surface area contributed by atoms with E-state index in [1.54, 1.807) is 30.6 Å². The van der Waals surface area contributed by atoms with Crippen LogP contribution in [0.25, 0.3) is 0 Å². The van der Waals surface area contributed by atoms with Crippen LogP contribution in [0.3, 0.4) is 0 Å². The standard InChI is InChI=1S/C12H11FN2OS/c13-11-7-10(14)1-2-12(11)17(16)8-9-3-5-15-6-4-9/h1-7H,8,14H2. The Labute approximate surface area is 101 Å². The van der Waals surface area contributed by atoms with Crippen LogP contribution in [0, 0.1) is 5.82 Å². The third-order valence-electron chi connectivity index (χ3n) is 2.25. The number of nitrogens with zero attached hydrogens (tertiary/aromatic N) is 1. The van der Waals surface area contributed by atoms with Crippen LogP contribution in [0.5, 0.6) is 0 Å². The molecule has 0 spiro atoms. The third-order valence-corrected chi connectivity index (χ3v) is 3.67. The molecule has 2 rings (SSSR count). The monoisotopic (exact) mass is 250 g/mol. The van der Waals surface area contributed by atoms with Gasteiger partial charge in [-0.3, -0.25) is 9.19 Å². The van der Waals surface area contributed by atoms with Crippen LogP contribution in [0.1, 0.15) is 5.56 Å². The van der Waals surface area contributed by atoms with E-state index < -0.39 is 16.6 Å².